The average Bonchev–Trinajstić information content (AvgIpc) is 2.67. The number of rotatable bonds is 6. The molecule has 1 aliphatic rings. The van der Waals surface area contributed by atoms with Crippen molar-refractivity contribution in [2.24, 2.45) is 5.92 Å². The zero-order chi connectivity index (χ0) is 13.0. The van der Waals surface area contributed by atoms with E-state index < -0.39 is 0 Å². The van der Waals surface area contributed by atoms with Crippen molar-refractivity contribution < 1.29 is 4.79 Å². The van der Waals surface area contributed by atoms with Crippen LogP contribution in [-0.2, 0) is 4.79 Å². The molecule has 1 aliphatic heterocycles. The van der Waals surface area contributed by atoms with Gasteiger partial charge in [-0.3, -0.25) is 10.1 Å². The van der Waals surface area contributed by atoms with Crippen LogP contribution < -0.4 is 5.32 Å². The summed E-state index contributed by atoms with van der Waals surface area (Å²) in [5.74, 6) is 0.698. The van der Waals surface area contributed by atoms with Gasteiger partial charge in [0, 0.05) is 12.6 Å². The molecule has 1 N–H and O–H groups in total. The van der Waals surface area contributed by atoms with E-state index in [1.165, 1.54) is 0 Å². The van der Waals surface area contributed by atoms with Gasteiger partial charge in [0.05, 0.1) is 12.7 Å². The molecular formula is C13H27N3O. The van der Waals surface area contributed by atoms with Gasteiger partial charge in [-0.2, -0.15) is 0 Å². The number of hydrogen-bond acceptors (Lipinski definition) is 3. The van der Waals surface area contributed by atoms with Crippen molar-refractivity contribution in [1.29, 1.82) is 0 Å². The van der Waals surface area contributed by atoms with Gasteiger partial charge >= 0.3 is 0 Å². The van der Waals surface area contributed by atoms with Crippen LogP contribution in [0, 0.1) is 5.92 Å². The Labute approximate surface area is 105 Å². The highest BCUT2D eigenvalue weighted by molar-refractivity contribution is 5.81. The molecule has 0 aromatic carbocycles. The van der Waals surface area contributed by atoms with E-state index in [-0.39, 0.29) is 18.1 Å². The summed E-state index contributed by atoms with van der Waals surface area (Å²) < 4.78 is 0. The maximum Gasteiger partial charge on any atom is 0.238 e. The lowest BCUT2D eigenvalue weighted by Gasteiger charge is -2.35. The number of nitrogens with zero attached hydrogens (tertiary/aromatic N) is 2. The summed E-state index contributed by atoms with van der Waals surface area (Å²) in [6.07, 6.45) is 0.202. The van der Waals surface area contributed by atoms with Crippen molar-refractivity contribution in [3.05, 3.63) is 0 Å². The van der Waals surface area contributed by atoms with Crippen LogP contribution in [0.1, 0.15) is 34.6 Å². The smallest absolute Gasteiger partial charge is 0.238 e. The van der Waals surface area contributed by atoms with Crippen LogP contribution in [0.5, 0.6) is 0 Å². The molecule has 2 unspecified atom stereocenters. The van der Waals surface area contributed by atoms with Crippen LogP contribution in [0.4, 0.5) is 0 Å². The summed E-state index contributed by atoms with van der Waals surface area (Å²) >= 11 is 0. The third-order valence-corrected chi connectivity index (χ3v) is 3.57. The van der Waals surface area contributed by atoms with Gasteiger partial charge in [-0.25, -0.2) is 0 Å². The second-order valence-corrected chi connectivity index (χ2v) is 5.21. The predicted molar refractivity (Wildman–Crippen MR) is 70.7 cm³/mol. The summed E-state index contributed by atoms with van der Waals surface area (Å²) in [5, 5.41) is 3.30. The van der Waals surface area contributed by atoms with Gasteiger partial charge in [0.15, 0.2) is 0 Å². The van der Waals surface area contributed by atoms with Gasteiger partial charge < -0.3 is 9.80 Å². The Balaban J connectivity index is 2.65. The molecule has 1 fully saturated rings. The molecule has 1 heterocycles. The topological polar surface area (TPSA) is 35.6 Å². The van der Waals surface area contributed by atoms with Gasteiger partial charge in [0.1, 0.15) is 0 Å². The monoisotopic (exact) mass is 241 g/mol. The molecule has 4 heteroatoms. The minimum atomic E-state index is 0.202. The first-order valence-electron chi connectivity index (χ1n) is 6.78. The van der Waals surface area contributed by atoms with Crippen LogP contribution >= 0.6 is 0 Å². The van der Waals surface area contributed by atoms with E-state index in [0.717, 1.165) is 19.6 Å². The van der Waals surface area contributed by atoms with Crippen LogP contribution in [0.2, 0.25) is 0 Å². The van der Waals surface area contributed by atoms with Gasteiger partial charge in [-0.15, -0.1) is 0 Å². The molecule has 0 spiro atoms. The molecule has 0 aromatic rings. The van der Waals surface area contributed by atoms with E-state index in [9.17, 15) is 4.79 Å². The highest BCUT2D eigenvalue weighted by Crippen LogP contribution is 2.17. The summed E-state index contributed by atoms with van der Waals surface area (Å²) in [6.45, 7) is 14.3. The molecule has 0 bridgehead atoms. The van der Waals surface area contributed by atoms with Gasteiger partial charge in [0.2, 0.25) is 5.91 Å². The summed E-state index contributed by atoms with van der Waals surface area (Å²) in [5.41, 5.74) is 0. The Morgan fingerprint density at radius 1 is 1.35 bits per heavy atom. The quantitative estimate of drug-likeness (QED) is 0.757. The zero-order valence-electron chi connectivity index (χ0n) is 11.9. The van der Waals surface area contributed by atoms with Crippen molar-refractivity contribution >= 4 is 5.91 Å². The number of amides is 1. The normalized spacial score (nSPS) is 22.9. The predicted octanol–water partition coefficient (Wildman–Crippen LogP) is 1.13. The highest BCUT2D eigenvalue weighted by Gasteiger charge is 2.35. The Morgan fingerprint density at radius 3 is 2.41 bits per heavy atom. The molecule has 0 aliphatic carbocycles. The molecule has 1 saturated heterocycles. The minimum absolute atomic E-state index is 0.202. The number of likely N-dealkylation sites (N-methyl/N-ethyl adjacent to an activating group) is 1. The van der Waals surface area contributed by atoms with Crippen LogP contribution in [0.3, 0.4) is 0 Å². The van der Waals surface area contributed by atoms with Crippen molar-refractivity contribution in [2.45, 2.75) is 46.8 Å². The molecule has 0 radical (unpaired) electrons. The fraction of sp³-hybridized carbons (Fsp3) is 0.923. The molecule has 100 valence electrons. The van der Waals surface area contributed by atoms with E-state index in [1.54, 1.807) is 0 Å². The average molecular weight is 241 g/mol. The van der Waals surface area contributed by atoms with E-state index in [1.807, 2.05) is 4.90 Å². The maximum absolute atomic E-state index is 11.9. The fourth-order valence-corrected chi connectivity index (χ4v) is 2.56. The van der Waals surface area contributed by atoms with Gasteiger partial charge in [-0.1, -0.05) is 27.7 Å². The Hall–Kier alpha value is -0.610. The lowest BCUT2D eigenvalue weighted by Crippen LogP contribution is -2.50. The summed E-state index contributed by atoms with van der Waals surface area (Å²) in [4.78, 5) is 16.3. The second kappa shape index (κ2) is 6.36. The standard InChI is InChI=1S/C13H27N3O/c1-6-15(7-2)9-11(5)16-12(17)8-14-13(16)10(3)4/h10-11,13-14H,6-9H2,1-5H3. The molecule has 1 rings (SSSR count). The molecule has 1 amide bonds. The Kier molecular flexibility index (Phi) is 5.40. The Morgan fingerprint density at radius 2 is 1.94 bits per heavy atom. The molecule has 17 heavy (non-hydrogen) atoms. The van der Waals surface area contributed by atoms with Crippen LogP contribution in [0.15, 0.2) is 0 Å². The van der Waals surface area contributed by atoms with E-state index >= 15 is 0 Å². The van der Waals surface area contributed by atoms with Crippen molar-refractivity contribution in [3.63, 3.8) is 0 Å². The first kappa shape index (κ1) is 14.5. The van der Waals surface area contributed by atoms with Crippen molar-refractivity contribution in [2.75, 3.05) is 26.2 Å². The van der Waals surface area contributed by atoms with Gasteiger partial charge in [-0.05, 0) is 25.9 Å². The SMILES string of the molecule is CCN(CC)CC(C)N1C(=O)CNC1C(C)C. The summed E-state index contributed by atoms with van der Waals surface area (Å²) in [6, 6.07) is 0.282. The first-order valence-corrected chi connectivity index (χ1v) is 6.78. The van der Waals surface area contributed by atoms with Crippen molar-refractivity contribution in [1.82, 2.24) is 15.1 Å². The number of carbonyl (C=O) groups is 1. The maximum atomic E-state index is 11.9. The van der Waals surface area contributed by atoms with E-state index in [2.05, 4.69) is 44.8 Å². The lowest BCUT2D eigenvalue weighted by atomic mass is 10.1. The third kappa shape index (κ3) is 3.42. The molecule has 2 atom stereocenters. The largest absolute Gasteiger partial charge is 0.322 e. The number of hydrogen-bond donors (Lipinski definition) is 1. The second-order valence-electron chi connectivity index (χ2n) is 5.21. The number of nitrogens with one attached hydrogen (secondary N) is 1. The molecular weight excluding hydrogens is 214 g/mol. The molecule has 0 saturated carbocycles. The van der Waals surface area contributed by atoms with Gasteiger partial charge in [0.25, 0.3) is 0 Å². The molecule has 0 aromatic heterocycles. The van der Waals surface area contributed by atoms with Crippen LogP contribution in [0.25, 0.3) is 0 Å². The highest BCUT2D eigenvalue weighted by atomic mass is 16.2. The molecule has 4 nitrogen and oxygen atoms in total. The van der Waals surface area contributed by atoms with E-state index in [0.29, 0.717) is 12.5 Å². The minimum Gasteiger partial charge on any atom is -0.322 e. The van der Waals surface area contributed by atoms with E-state index in [4.69, 9.17) is 0 Å². The summed E-state index contributed by atoms with van der Waals surface area (Å²) in [7, 11) is 0. The first-order chi connectivity index (χ1) is 8.01. The number of carbonyl (C=O) groups excluding carboxylic acids is 1. The lowest BCUT2D eigenvalue weighted by molar-refractivity contribution is -0.131. The zero-order valence-corrected chi connectivity index (χ0v) is 11.9. The van der Waals surface area contributed by atoms with Crippen LogP contribution in [-0.4, -0.2) is 54.1 Å². The Bertz CT molecular complexity index is 251. The fourth-order valence-electron chi connectivity index (χ4n) is 2.56. The van der Waals surface area contributed by atoms with Crippen molar-refractivity contribution in [3.8, 4) is 0 Å². The third-order valence-electron chi connectivity index (χ3n) is 3.57.